The topological polar surface area (TPSA) is 62.4 Å². The zero-order valence-electron chi connectivity index (χ0n) is 13.7. The molecule has 24 heavy (non-hydrogen) atoms. The van der Waals surface area contributed by atoms with E-state index in [2.05, 4.69) is 35.2 Å². The standard InChI is InChI=1S/C19H23N3O2/c1-14-18(16-10-6-3-7-11-16)19(22-21-14)20-17(23)13-24-12-15-8-4-2-5-9-15/h2-11,14,18-19,21-22H,12-13H2,1H3,(H,20,23). The van der Waals surface area contributed by atoms with Crippen LogP contribution in [0.4, 0.5) is 0 Å². The van der Waals surface area contributed by atoms with E-state index in [1.54, 1.807) is 0 Å². The van der Waals surface area contributed by atoms with Gasteiger partial charge in [0, 0.05) is 12.0 Å². The number of hydrazine groups is 1. The van der Waals surface area contributed by atoms with Crippen LogP contribution in [0, 0.1) is 0 Å². The average Bonchev–Trinajstić information content (AvgIpc) is 2.97. The molecule has 1 heterocycles. The van der Waals surface area contributed by atoms with Crippen molar-refractivity contribution in [2.24, 2.45) is 0 Å². The summed E-state index contributed by atoms with van der Waals surface area (Å²) in [6.07, 6.45) is -0.157. The molecule has 1 aliphatic rings. The average molecular weight is 325 g/mol. The molecule has 0 bridgehead atoms. The number of hydrogen-bond acceptors (Lipinski definition) is 4. The molecule has 1 fully saturated rings. The highest BCUT2D eigenvalue weighted by atomic mass is 16.5. The molecule has 0 spiro atoms. The van der Waals surface area contributed by atoms with Crippen molar-refractivity contribution in [2.75, 3.05) is 6.61 Å². The highest BCUT2D eigenvalue weighted by Crippen LogP contribution is 2.25. The summed E-state index contributed by atoms with van der Waals surface area (Å²) in [6, 6.07) is 20.3. The lowest BCUT2D eigenvalue weighted by molar-refractivity contribution is -0.127. The van der Waals surface area contributed by atoms with Crippen LogP contribution in [0.15, 0.2) is 60.7 Å². The van der Waals surface area contributed by atoms with Crippen molar-refractivity contribution in [2.45, 2.75) is 31.7 Å². The van der Waals surface area contributed by atoms with E-state index in [9.17, 15) is 4.79 Å². The highest BCUT2D eigenvalue weighted by Gasteiger charge is 2.34. The molecule has 3 N–H and O–H groups in total. The van der Waals surface area contributed by atoms with Gasteiger partial charge in [0.25, 0.3) is 0 Å². The largest absolute Gasteiger partial charge is 0.367 e. The number of carbonyl (C=O) groups excluding carboxylic acids is 1. The molecule has 126 valence electrons. The lowest BCUT2D eigenvalue weighted by atomic mass is 9.91. The van der Waals surface area contributed by atoms with Crippen LogP contribution in [0.1, 0.15) is 24.0 Å². The molecule has 3 rings (SSSR count). The van der Waals surface area contributed by atoms with E-state index in [0.717, 1.165) is 5.56 Å². The zero-order chi connectivity index (χ0) is 16.8. The summed E-state index contributed by atoms with van der Waals surface area (Å²) in [5.41, 5.74) is 8.61. The Morgan fingerprint density at radius 3 is 2.42 bits per heavy atom. The second kappa shape index (κ2) is 8.06. The van der Waals surface area contributed by atoms with E-state index in [4.69, 9.17) is 4.74 Å². The third kappa shape index (κ3) is 4.20. The molecule has 0 aromatic heterocycles. The molecule has 3 unspecified atom stereocenters. The first-order valence-electron chi connectivity index (χ1n) is 8.21. The van der Waals surface area contributed by atoms with Crippen molar-refractivity contribution < 1.29 is 9.53 Å². The van der Waals surface area contributed by atoms with E-state index < -0.39 is 0 Å². The summed E-state index contributed by atoms with van der Waals surface area (Å²) in [6.45, 7) is 2.58. The van der Waals surface area contributed by atoms with Gasteiger partial charge in [0.1, 0.15) is 12.8 Å². The van der Waals surface area contributed by atoms with Crippen molar-refractivity contribution in [1.29, 1.82) is 0 Å². The van der Waals surface area contributed by atoms with Crippen LogP contribution >= 0.6 is 0 Å². The van der Waals surface area contributed by atoms with Gasteiger partial charge in [-0.3, -0.25) is 10.2 Å². The lowest BCUT2D eigenvalue weighted by Crippen LogP contribution is -2.47. The minimum Gasteiger partial charge on any atom is -0.367 e. The SMILES string of the molecule is CC1NNC(NC(=O)COCc2ccccc2)C1c1ccccc1. The Morgan fingerprint density at radius 2 is 1.71 bits per heavy atom. The summed E-state index contributed by atoms with van der Waals surface area (Å²) >= 11 is 0. The molecule has 3 atom stereocenters. The first-order chi connectivity index (χ1) is 11.7. The zero-order valence-corrected chi connectivity index (χ0v) is 13.7. The molecule has 2 aromatic carbocycles. The van der Waals surface area contributed by atoms with Crippen molar-refractivity contribution in [3.05, 3.63) is 71.8 Å². The van der Waals surface area contributed by atoms with Crippen molar-refractivity contribution in [1.82, 2.24) is 16.2 Å². The van der Waals surface area contributed by atoms with Crippen LogP contribution in [0.3, 0.4) is 0 Å². The second-order valence-corrected chi connectivity index (χ2v) is 6.04. The van der Waals surface area contributed by atoms with E-state index in [1.165, 1.54) is 5.56 Å². The molecule has 5 nitrogen and oxygen atoms in total. The Bertz CT molecular complexity index is 648. The fourth-order valence-electron chi connectivity index (χ4n) is 3.02. The molecule has 1 amide bonds. The molecule has 1 aliphatic heterocycles. The quantitative estimate of drug-likeness (QED) is 0.759. The summed E-state index contributed by atoms with van der Waals surface area (Å²) in [5.74, 6) is 0.0459. The number of benzene rings is 2. The maximum atomic E-state index is 12.2. The number of carbonyl (C=O) groups is 1. The number of hydrogen-bond donors (Lipinski definition) is 3. The molecular formula is C19H23N3O2. The van der Waals surface area contributed by atoms with Gasteiger partial charge in [-0.1, -0.05) is 60.7 Å². The smallest absolute Gasteiger partial charge is 0.247 e. The predicted molar refractivity (Wildman–Crippen MR) is 92.9 cm³/mol. The molecule has 0 radical (unpaired) electrons. The number of ether oxygens (including phenoxy) is 1. The Balaban J connectivity index is 1.52. The first-order valence-corrected chi connectivity index (χ1v) is 8.21. The van der Waals surface area contributed by atoms with Gasteiger partial charge in [0.15, 0.2) is 0 Å². The van der Waals surface area contributed by atoms with Crippen molar-refractivity contribution in [3.63, 3.8) is 0 Å². The second-order valence-electron chi connectivity index (χ2n) is 6.04. The van der Waals surface area contributed by atoms with Gasteiger partial charge in [-0.15, -0.1) is 0 Å². The third-order valence-corrected chi connectivity index (χ3v) is 4.21. The monoisotopic (exact) mass is 325 g/mol. The van der Waals surface area contributed by atoms with Gasteiger partial charge >= 0.3 is 0 Å². The maximum Gasteiger partial charge on any atom is 0.247 e. The normalized spacial score (nSPS) is 23.1. The van der Waals surface area contributed by atoms with E-state index >= 15 is 0 Å². The van der Waals surface area contributed by atoms with Crippen molar-refractivity contribution >= 4 is 5.91 Å². The summed E-state index contributed by atoms with van der Waals surface area (Å²) in [7, 11) is 0. The van der Waals surface area contributed by atoms with E-state index in [-0.39, 0.29) is 30.6 Å². The summed E-state index contributed by atoms with van der Waals surface area (Å²) in [4.78, 5) is 12.2. The van der Waals surface area contributed by atoms with Gasteiger partial charge in [0.05, 0.1) is 6.61 Å². The Labute approximate surface area is 142 Å². The molecule has 5 heteroatoms. The minimum absolute atomic E-state index is 0.0446. The predicted octanol–water partition coefficient (Wildman–Crippen LogP) is 1.93. The molecule has 2 aromatic rings. The Morgan fingerprint density at radius 1 is 1.04 bits per heavy atom. The highest BCUT2D eigenvalue weighted by molar-refractivity contribution is 5.77. The fraction of sp³-hybridized carbons (Fsp3) is 0.316. The lowest BCUT2D eigenvalue weighted by Gasteiger charge is -2.22. The third-order valence-electron chi connectivity index (χ3n) is 4.21. The summed E-state index contributed by atoms with van der Waals surface area (Å²) < 4.78 is 5.50. The number of amides is 1. The fourth-order valence-corrected chi connectivity index (χ4v) is 3.02. The van der Waals surface area contributed by atoms with Crippen LogP contribution < -0.4 is 16.2 Å². The minimum atomic E-state index is -0.157. The Hall–Kier alpha value is -2.21. The van der Waals surface area contributed by atoms with E-state index in [0.29, 0.717) is 6.61 Å². The number of nitrogens with one attached hydrogen (secondary N) is 3. The van der Waals surface area contributed by atoms with Crippen LogP contribution in [0.5, 0.6) is 0 Å². The van der Waals surface area contributed by atoms with Gasteiger partial charge in [-0.05, 0) is 18.1 Å². The molecule has 1 saturated heterocycles. The van der Waals surface area contributed by atoms with Gasteiger partial charge in [0.2, 0.25) is 5.91 Å². The van der Waals surface area contributed by atoms with Gasteiger partial charge in [-0.25, -0.2) is 5.43 Å². The van der Waals surface area contributed by atoms with Gasteiger partial charge in [-0.2, -0.15) is 0 Å². The summed E-state index contributed by atoms with van der Waals surface area (Å²) in [5, 5.41) is 3.01. The molecular weight excluding hydrogens is 302 g/mol. The van der Waals surface area contributed by atoms with Crippen molar-refractivity contribution in [3.8, 4) is 0 Å². The maximum absolute atomic E-state index is 12.2. The molecule has 0 aliphatic carbocycles. The van der Waals surface area contributed by atoms with Crippen LogP contribution in [-0.4, -0.2) is 24.7 Å². The van der Waals surface area contributed by atoms with Crippen LogP contribution in [0.25, 0.3) is 0 Å². The molecule has 0 saturated carbocycles. The van der Waals surface area contributed by atoms with Gasteiger partial charge < -0.3 is 10.1 Å². The first kappa shape index (κ1) is 16.6. The van der Waals surface area contributed by atoms with Crippen LogP contribution in [0.2, 0.25) is 0 Å². The van der Waals surface area contributed by atoms with Crippen LogP contribution in [-0.2, 0) is 16.1 Å². The van der Waals surface area contributed by atoms with E-state index in [1.807, 2.05) is 48.5 Å². The number of rotatable bonds is 6. The Kier molecular flexibility index (Phi) is 5.59.